The van der Waals surface area contributed by atoms with Gasteiger partial charge in [-0.1, -0.05) is 24.3 Å². The summed E-state index contributed by atoms with van der Waals surface area (Å²) in [6.07, 6.45) is 11.2. The number of aryl methyl sites for hydroxylation is 1. The summed E-state index contributed by atoms with van der Waals surface area (Å²) < 4.78 is 15.0. The lowest BCUT2D eigenvalue weighted by molar-refractivity contribution is -0.137. The summed E-state index contributed by atoms with van der Waals surface area (Å²) in [6.45, 7) is 4.14. The minimum Gasteiger partial charge on any atom is -0.334 e. The summed E-state index contributed by atoms with van der Waals surface area (Å²) in [7, 11) is 1.94. The maximum absolute atomic E-state index is 13.3. The van der Waals surface area contributed by atoms with Crippen molar-refractivity contribution in [1.82, 2.24) is 19.6 Å². The SMILES string of the molecule is Cn1cc(CN2CCC([C@@H]3CC=CCN(Cc4ccc(F)cc4)C3=O)CC2)cn1. The van der Waals surface area contributed by atoms with Crippen LogP contribution in [0.2, 0.25) is 0 Å². The topological polar surface area (TPSA) is 41.4 Å². The molecule has 1 aromatic carbocycles. The van der Waals surface area contributed by atoms with Crippen LogP contribution in [0, 0.1) is 17.7 Å². The van der Waals surface area contributed by atoms with Gasteiger partial charge in [0.25, 0.3) is 0 Å². The van der Waals surface area contributed by atoms with Crippen molar-refractivity contribution in [3.05, 3.63) is 65.8 Å². The van der Waals surface area contributed by atoms with Crippen molar-refractivity contribution >= 4 is 5.91 Å². The molecule has 4 rings (SSSR count). The second kappa shape index (κ2) is 8.91. The smallest absolute Gasteiger partial charge is 0.226 e. The molecule has 0 N–H and O–H groups in total. The zero-order chi connectivity index (χ0) is 20.2. The van der Waals surface area contributed by atoms with Gasteiger partial charge in [0.2, 0.25) is 5.91 Å². The first kappa shape index (κ1) is 19.8. The predicted molar refractivity (Wildman–Crippen MR) is 110 cm³/mol. The van der Waals surface area contributed by atoms with E-state index < -0.39 is 0 Å². The van der Waals surface area contributed by atoms with Crippen LogP contribution in [0.15, 0.2) is 48.8 Å². The van der Waals surface area contributed by atoms with E-state index in [0.717, 1.165) is 44.5 Å². The van der Waals surface area contributed by atoms with Gasteiger partial charge in [-0.2, -0.15) is 5.10 Å². The van der Waals surface area contributed by atoms with Crippen molar-refractivity contribution < 1.29 is 9.18 Å². The quantitative estimate of drug-likeness (QED) is 0.728. The molecular formula is C23H29FN4O. The van der Waals surface area contributed by atoms with E-state index in [1.807, 2.05) is 22.8 Å². The second-order valence-electron chi connectivity index (χ2n) is 8.29. The molecule has 2 aliphatic rings. The lowest BCUT2D eigenvalue weighted by atomic mass is 9.81. The van der Waals surface area contributed by atoms with E-state index in [4.69, 9.17) is 0 Å². The van der Waals surface area contributed by atoms with Gasteiger partial charge >= 0.3 is 0 Å². The molecule has 3 heterocycles. The largest absolute Gasteiger partial charge is 0.334 e. The Morgan fingerprint density at radius 3 is 2.52 bits per heavy atom. The molecule has 1 fully saturated rings. The molecule has 0 unspecified atom stereocenters. The molecule has 29 heavy (non-hydrogen) atoms. The van der Waals surface area contributed by atoms with Gasteiger partial charge in [0.15, 0.2) is 0 Å². The number of likely N-dealkylation sites (tertiary alicyclic amines) is 1. The van der Waals surface area contributed by atoms with Crippen molar-refractivity contribution in [2.75, 3.05) is 19.6 Å². The molecule has 1 atom stereocenters. The highest BCUT2D eigenvalue weighted by atomic mass is 19.1. The van der Waals surface area contributed by atoms with Crippen LogP contribution < -0.4 is 0 Å². The van der Waals surface area contributed by atoms with Gasteiger partial charge in [-0.25, -0.2) is 4.39 Å². The molecule has 0 saturated carbocycles. The minimum absolute atomic E-state index is 0.0507. The van der Waals surface area contributed by atoms with Crippen LogP contribution in [0.25, 0.3) is 0 Å². The number of rotatable bonds is 5. The van der Waals surface area contributed by atoms with Gasteiger partial charge in [-0.15, -0.1) is 0 Å². The number of carbonyl (C=O) groups is 1. The number of benzene rings is 1. The average Bonchev–Trinajstić information content (AvgIpc) is 3.04. The molecule has 2 aliphatic heterocycles. The van der Waals surface area contributed by atoms with Crippen LogP contribution in [0.1, 0.15) is 30.4 Å². The second-order valence-corrected chi connectivity index (χ2v) is 8.29. The number of aromatic nitrogens is 2. The van der Waals surface area contributed by atoms with Gasteiger partial charge in [-0.05, 0) is 56.0 Å². The summed E-state index contributed by atoms with van der Waals surface area (Å²) in [5.41, 5.74) is 2.21. The van der Waals surface area contributed by atoms with Crippen molar-refractivity contribution in [2.24, 2.45) is 18.9 Å². The summed E-state index contributed by atoms with van der Waals surface area (Å²) in [6, 6.07) is 6.46. The normalized spacial score (nSPS) is 21.5. The number of halogens is 1. The number of carbonyl (C=O) groups excluding carboxylic acids is 1. The van der Waals surface area contributed by atoms with E-state index in [0.29, 0.717) is 19.0 Å². The predicted octanol–water partition coefficient (Wildman–Crippen LogP) is 3.38. The third-order valence-corrected chi connectivity index (χ3v) is 6.16. The molecule has 1 amide bonds. The van der Waals surface area contributed by atoms with Crippen molar-refractivity contribution in [2.45, 2.75) is 32.4 Å². The highest BCUT2D eigenvalue weighted by Crippen LogP contribution is 2.31. The number of amides is 1. The van der Waals surface area contributed by atoms with Crippen molar-refractivity contribution in [3.63, 3.8) is 0 Å². The number of piperidine rings is 1. The molecule has 0 aliphatic carbocycles. The first-order valence-electron chi connectivity index (χ1n) is 10.5. The molecule has 1 aromatic heterocycles. The molecular weight excluding hydrogens is 367 g/mol. The first-order valence-corrected chi connectivity index (χ1v) is 10.5. The van der Waals surface area contributed by atoms with Crippen LogP contribution in [-0.2, 0) is 24.9 Å². The number of hydrogen-bond acceptors (Lipinski definition) is 3. The Bertz CT molecular complexity index is 852. The minimum atomic E-state index is -0.244. The summed E-state index contributed by atoms with van der Waals surface area (Å²) >= 11 is 0. The van der Waals surface area contributed by atoms with E-state index in [1.165, 1.54) is 17.7 Å². The van der Waals surface area contributed by atoms with E-state index in [9.17, 15) is 9.18 Å². The van der Waals surface area contributed by atoms with Gasteiger partial charge in [0.05, 0.1) is 6.20 Å². The summed E-state index contributed by atoms with van der Waals surface area (Å²) in [4.78, 5) is 17.7. The number of allylic oxidation sites excluding steroid dienone is 1. The third-order valence-electron chi connectivity index (χ3n) is 6.16. The van der Waals surface area contributed by atoms with Gasteiger partial charge in [-0.3, -0.25) is 14.4 Å². The standard InChI is InChI=1S/C23H29FN4O/c1-26-15-19(14-25-26)16-27-12-9-20(10-13-27)22-4-2-3-11-28(23(22)29)17-18-5-7-21(24)8-6-18/h2-3,5-8,14-15,20,22H,4,9-13,16-17H2,1H3/t22-/m0/s1. The monoisotopic (exact) mass is 396 g/mol. The van der Waals surface area contributed by atoms with Gasteiger partial charge < -0.3 is 4.90 Å². The Morgan fingerprint density at radius 2 is 1.83 bits per heavy atom. The third kappa shape index (κ3) is 4.93. The fourth-order valence-electron chi connectivity index (χ4n) is 4.54. The Morgan fingerprint density at radius 1 is 1.07 bits per heavy atom. The van der Waals surface area contributed by atoms with Crippen LogP contribution in [0.4, 0.5) is 4.39 Å². The number of nitrogens with zero attached hydrogens (tertiary/aromatic N) is 4. The lowest BCUT2D eigenvalue weighted by Crippen LogP contribution is -2.42. The maximum atomic E-state index is 13.3. The zero-order valence-corrected chi connectivity index (χ0v) is 17.0. The molecule has 154 valence electrons. The van der Waals surface area contributed by atoms with E-state index in [1.54, 1.807) is 12.1 Å². The fourth-order valence-corrected chi connectivity index (χ4v) is 4.54. The molecule has 1 saturated heterocycles. The van der Waals surface area contributed by atoms with E-state index in [-0.39, 0.29) is 17.6 Å². The van der Waals surface area contributed by atoms with Crippen molar-refractivity contribution in [3.8, 4) is 0 Å². The van der Waals surface area contributed by atoms with Crippen LogP contribution in [0.3, 0.4) is 0 Å². The number of hydrogen-bond donors (Lipinski definition) is 0. The first-order chi connectivity index (χ1) is 14.1. The Kier molecular flexibility index (Phi) is 6.09. The van der Waals surface area contributed by atoms with Crippen molar-refractivity contribution in [1.29, 1.82) is 0 Å². The molecule has 2 aromatic rings. The molecule has 0 bridgehead atoms. The lowest BCUT2D eigenvalue weighted by Gasteiger charge is -2.36. The maximum Gasteiger partial charge on any atom is 0.226 e. The van der Waals surface area contributed by atoms with Crippen LogP contribution in [-0.4, -0.2) is 45.1 Å². The zero-order valence-electron chi connectivity index (χ0n) is 17.0. The fraction of sp³-hybridized carbons (Fsp3) is 0.478. The Balaban J connectivity index is 1.35. The summed E-state index contributed by atoms with van der Waals surface area (Å²) in [5.74, 6) is 0.470. The van der Waals surface area contributed by atoms with E-state index in [2.05, 4.69) is 28.3 Å². The molecule has 0 radical (unpaired) electrons. The van der Waals surface area contributed by atoms with E-state index >= 15 is 0 Å². The molecule has 5 nitrogen and oxygen atoms in total. The summed E-state index contributed by atoms with van der Waals surface area (Å²) in [5, 5.41) is 4.25. The highest BCUT2D eigenvalue weighted by molar-refractivity contribution is 5.80. The van der Waals surface area contributed by atoms with Crippen LogP contribution in [0.5, 0.6) is 0 Å². The van der Waals surface area contributed by atoms with Gasteiger partial charge in [0, 0.05) is 44.4 Å². The molecule has 6 heteroatoms. The van der Waals surface area contributed by atoms with Gasteiger partial charge in [0.1, 0.15) is 5.82 Å². The van der Waals surface area contributed by atoms with Crippen LogP contribution >= 0.6 is 0 Å². The average molecular weight is 397 g/mol. The molecule has 0 spiro atoms. The Labute approximate surface area is 171 Å². The Hall–Kier alpha value is -2.47. The highest BCUT2D eigenvalue weighted by Gasteiger charge is 2.34.